The lowest BCUT2D eigenvalue weighted by Crippen LogP contribution is -2.34. The van der Waals surface area contributed by atoms with E-state index in [0.717, 1.165) is 24.5 Å². The van der Waals surface area contributed by atoms with Crippen LogP contribution < -0.4 is 4.74 Å². The number of carbonyl (C=O) groups is 1. The lowest BCUT2D eigenvalue weighted by molar-refractivity contribution is 0.0947. The van der Waals surface area contributed by atoms with E-state index >= 15 is 0 Å². The Morgan fingerprint density at radius 3 is 2.14 bits per heavy atom. The summed E-state index contributed by atoms with van der Waals surface area (Å²) >= 11 is 0. The standard InChI is InChI=1S/C20H24FN5O2.C3H8.2F2/c1-6-24(7-2)18-11-20-23-25(14(4)26(20)22-13(18)3)12-19(27)15-8-16(21)10-17(9-15)28-5;1-3-2;2*1-2/h8-11H,4,6-7,12H2,1-3,5H3;3H2,1-2H3;;. The number of rotatable bonds is 7. The van der Waals surface area contributed by atoms with E-state index in [1.165, 1.54) is 36.7 Å². The molecule has 0 saturated heterocycles. The predicted octanol–water partition coefficient (Wildman–Crippen LogP) is 6.13. The van der Waals surface area contributed by atoms with Gasteiger partial charge in [-0.15, -0.1) is 0 Å². The van der Waals surface area contributed by atoms with Gasteiger partial charge in [0, 0.05) is 49.1 Å². The fourth-order valence-corrected chi connectivity index (χ4v) is 3.17. The summed E-state index contributed by atoms with van der Waals surface area (Å²) in [6, 6.07) is 3.92. The van der Waals surface area contributed by atoms with Gasteiger partial charge in [0.2, 0.25) is 0 Å². The zero-order valence-corrected chi connectivity index (χ0v) is 20.8. The monoisotopic (exact) mass is 505 g/mol. The maximum Gasteiger partial charge on any atom is 0.184 e. The maximum atomic E-state index is 13.7. The molecule has 0 unspecified atom stereocenters. The first kappa shape index (κ1) is 31.6. The van der Waals surface area contributed by atoms with Gasteiger partial charge in [-0.05, 0) is 32.9 Å². The first-order chi connectivity index (χ1) is 16.8. The molecule has 1 aromatic carbocycles. The Labute approximate surface area is 202 Å². The molecule has 0 bridgehead atoms. The van der Waals surface area contributed by atoms with Crippen molar-refractivity contribution in [3.05, 3.63) is 53.8 Å². The topological polar surface area (TPSA) is 60.7 Å². The van der Waals surface area contributed by atoms with Gasteiger partial charge in [0.25, 0.3) is 0 Å². The summed E-state index contributed by atoms with van der Waals surface area (Å²) in [6.45, 7) is 16.0. The number of hydrogen-bond acceptors (Lipinski definition) is 7. The molecule has 1 aromatic rings. The summed E-state index contributed by atoms with van der Waals surface area (Å²) in [5.41, 5.74) is 2.07. The van der Waals surface area contributed by atoms with Crippen molar-refractivity contribution >= 4 is 17.3 Å². The Balaban J connectivity index is 0.00000150. The van der Waals surface area contributed by atoms with Gasteiger partial charge in [-0.1, -0.05) is 26.8 Å². The number of halogens is 5. The molecule has 0 aliphatic carbocycles. The molecule has 7 nitrogen and oxygen atoms in total. The van der Waals surface area contributed by atoms with E-state index in [2.05, 4.69) is 49.4 Å². The van der Waals surface area contributed by atoms with E-state index in [0.29, 0.717) is 17.4 Å². The molecule has 0 fully saturated rings. The zero-order valence-electron chi connectivity index (χ0n) is 20.8. The van der Waals surface area contributed by atoms with Crippen LogP contribution in [0.5, 0.6) is 5.75 Å². The summed E-state index contributed by atoms with van der Waals surface area (Å²) in [6.07, 6.45) is 3.19. The summed E-state index contributed by atoms with van der Waals surface area (Å²) in [5, 5.41) is 12.1. The van der Waals surface area contributed by atoms with Crippen LogP contribution in [0.1, 0.15) is 51.4 Å². The van der Waals surface area contributed by atoms with Crippen LogP contribution in [0.2, 0.25) is 0 Å². The van der Waals surface area contributed by atoms with Gasteiger partial charge in [0.05, 0.1) is 18.5 Å². The third kappa shape index (κ3) is 8.37. The maximum absolute atomic E-state index is 13.7. The first-order valence-corrected chi connectivity index (χ1v) is 10.8. The Bertz CT molecular complexity index is 933. The number of benzene rings is 1. The van der Waals surface area contributed by atoms with Gasteiger partial charge >= 0.3 is 0 Å². The highest BCUT2D eigenvalue weighted by Crippen LogP contribution is 2.26. The number of hydrogen-bond donors (Lipinski definition) is 0. The highest BCUT2D eigenvalue weighted by molar-refractivity contribution is 6.09. The Hall–Kier alpha value is -3.44. The largest absolute Gasteiger partial charge is 0.497 e. The lowest BCUT2D eigenvalue weighted by atomic mass is 10.1. The van der Waals surface area contributed by atoms with Crippen LogP contribution in [0.25, 0.3) is 0 Å². The van der Waals surface area contributed by atoms with Crippen LogP contribution >= 0.6 is 0 Å². The van der Waals surface area contributed by atoms with Gasteiger partial charge in [0.1, 0.15) is 23.9 Å². The fraction of sp³-hybridized carbons (Fsp3) is 0.435. The smallest absolute Gasteiger partial charge is 0.184 e. The molecule has 0 N–H and O–H groups in total. The van der Waals surface area contributed by atoms with Gasteiger partial charge < -0.3 is 9.64 Å². The third-order valence-corrected chi connectivity index (χ3v) is 4.70. The van der Waals surface area contributed by atoms with E-state index in [9.17, 15) is 9.18 Å². The predicted molar refractivity (Wildman–Crippen MR) is 127 cm³/mol. The SMILES string of the molecule is C=C1N(CC(=O)c2cc(F)cc(OC)c2)N=C2C=C(N(CC)CC)C(C)=NN12.CCC.FF.FF. The molecule has 0 aromatic heterocycles. The molecule has 2 heterocycles. The minimum Gasteiger partial charge on any atom is -0.497 e. The molecular formula is C23H32F5N5O2. The molecule has 0 spiro atoms. The van der Waals surface area contributed by atoms with Crippen molar-refractivity contribution in [1.82, 2.24) is 14.9 Å². The average molecular weight is 506 g/mol. The van der Waals surface area contributed by atoms with Crippen LogP contribution in [-0.2, 0) is 0 Å². The van der Waals surface area contributed by atoms with E-state index in [1.54, 1.807) is 5.01 Å². The summed E-state index contributed by atoms with van der Waals surface area (Å²) < 4.78 is 50.7. The molecule has 196 valence electrons. The van der Waals surface area contributed by atoms with Gasteiger partial charge in [0.15, 0.2) is 11.6 Å². The number of carbonyl (C=O) groups excluding carboxylic acids is 1. The summed E-state index contributed by atoms with van der Waals surface area (Å²) in [4.78, 5) is 14.8. The first-order valence-electron chi connectivity index (χ1n) is 10.8. The van der Waals surface area contributed by atoms with Crippen LogP contribution in [-0.4, -0.2) is 59.0 Å². The molecule has 2 aliphatic rings. The number of allylic oxidation sites excluding steroid dienone is 1. The molecule has 2 aliphatic heterocycles. The van der Waals surface area contributed by atoms with Crippen LogP contribution in [0.15, 0.2) is 52.6 Å². The third-order valence-electron chi connectivity index (χ3n) is 4.70. The number of fused-ring (bicyclic) bond motifs is 1. The number of hydrazone groups is 2. The minimum atomic E-state index is -0.529. The minimum absolute atomic E-state index is 0.0749. The normalized spacial score (nSPS) is 13.5. The summed E-state index contributed by atoms with van der Waals surface area (Å²) in [5.74, 6) is 0.540. The Morgan fingerprint density at radius 1 is 1.06 bits per heavy atom. The van der Waals surface area contributed by atoms with Gasteiger partial charge in [-0.3, -0.25) is 4.79 Å². The number of methoxy groups -OCH3 is 1. The van der Waals surface area contributed by atoms with Crippen LogP contribution in [0.3, 0.4) is 0 Å². The fourth-order valence-electron chi connectivity index (χ4n) is 3.17. The second kappa shape index (κ2) is 16.2. The molecular weight excluding hydrogens is 473 g/mol. The molecule has 0 radical (unpaired) electrons. The quantitative estimate of drug-likeness (QED) is 0.330. The molecule has 3 rings (SSSR count). The Morgan fingerprint density at radius 2 is 1.63 bits per heavy atom. The van der Waals surface area contributed by atoms with E-state index in [4.69, 9.17) is 23.0 Å². The van der Waals surface area contributed by atoms with Crippen molar-refractivity contribution in [2.75, 3.05) is 26.7 Å². The van der Waals surface area contributed by atoms with Crippen molar-refractivity contribution in [3.63, 3.8) is 0 Å². The summed E-state index contributed by atoms with van der Waals surface area (Å²) in [7, 11) is 1.43. The highest BCUT2D eigenvalue weighted by Gasteiger charge is 2.32. The van der Waals surface area contributed by atoms with Crippen LogP contribution in [0.4, 0.5) is 22.7 Å². The number of amidine groups is 1. The van der Waals surface area contributed by atoms with E-state index < -0.39 is 5.82 Å². The number of nitrogens with zero attached hydrogens (tertiary/aromatic N) is 5. The molecule has 12 heteroatoms. The van der Waals surface area contributed by atoms with Crippen molar-refractivity contribution in [2.45, 2.75) is 41.0 Å². The average Bonchev–Trinajstić information content (AvgIpc) is 3.16. The Kier molecular flexibility index (Phi) is 14.6. The van der Waals surface area contributed by atoms with E-state index in [-0.39, 0.29) is 17.9 Å². The van der Waals surface area contributed by atoms with Crippen molar-refractivity contribution in [1.29, 1.82) is 0 Å². The highest BCUT2D eigenvalue weighted by atomic mass is 20.0. The van der Waals surface area contributed by atoms with Gasteiger partial charge in [-0.25, -0.2) is 9.40 Å². The number of ether oxygens (including phenoxy) is 1. The number of ketones is 1. The van der Waals surface area contributed by atoms with Crippen molar-refractivity contribution in [2.24, 2.45) is 10.2 Å². The van der Waals surface area contributed by atoms with E-state index in [1.807, 2.05) is 13.0 Å². The van der Waals surface area contributed by atoms with Crippen molar-refractivity contribution < 1.29 is 32.2 Å². The van der Waals surface area contributed by atoms with Crippen molar-refractivity contribution in [3.8, 4) is 5.75 Å². The van der Waals surface area contributed by atoms with Crippen LogP contribution in [0, 0.1) is 5.82 Å². The molecule has 0 amide bonds. The number of Topliss-reactive ketones (excluding diaryl/α,β-unsaturated/α-hetero) is 1. The molecule has 0 saturated carbocycles. The lowest BCUT2D eigenvalue weighted by Gasteiger charge is -2.29. The second-order valence-corrected chi connectivity index (χ2v) is 7.14. The van der Waals surface area contributed by atoms with Gasteiger partial charge in [-0.2, -0.15) is 15.2 Å². The molecule has 35 heavy (non-hydrogen) atoms. The zero-order chi connectivity index (χ0) is 27.1. The second-order valence-electron chi connectivity index (χ2n) is 7.14. The molecule has 0 atom stereocenters.